The van der Waals surface area contributed by atoms with E-state index >= 15 is 0 Å². The van der Waals surface area contributed by atoms with Crippen LogP contribution in [0.5, 0.6) is 0 Å². The average Bonchev–Trinajstić information content (AvgIpc) is 3.01. The molecule has 8 heteroatoms. The molecule has 3 N–H and O–H groups in total. The summed E-state index contributed by atoms with van der Waals surface area (Å²) < 4.78 is 12.9. The standard InChI is InChI=1S/C18H24FN3OS.2ClH/c1-3-18(4-2,12-20)22-16(23)10-15-11-24-17(21-15)9-13-5-7-14(19)8-6-13;;/h5-8,11H,3-4,9-10,12,20H2,1-2H3,(H,22,23);2*1H. The molecule has 1 aromatic carbocycles. The van der Waals surface area contributed by atoms with Crippen LogP contribution in [-0.2, 0) is 17.6 Å². The van der Waals surface area contributed by atoms with Crippen molar-refractivity contribution in [3.63, 3.8) is 0 Å². The highest BCUT2D eigenvalue weighted by molar-refractivity contribution is 7.09. The Labute approximate surface area is 170 Å². The molecule has 0 aliphatic heterocycles. The van der Waals surface area contributed by atoms with Crippen molar-refractivity contribution in [2.45, 2.75) is 45.1 Å². The largest absolute Gasteiger partial charge is 0.349 e. The second kappa shape index (κ2) is 11.5. The van der Waals surface area contributed by atoms with Crippen LogP contribution in [0.15, 0.2) is 29.6 Å². The van der Waals surface area contributed by atoms with Crippen LogP contribution < -0.4 is 11.1 Å². The molecule has 0 saturated heterocycles. The molecule has 0 bridgehead atoms. The number of hydrogen-bond donors (Lipinski definition) is 2. The van der Waals surface area contributed by atoms with Crippen molar-refractivity contribution in [1.29, 1.82) is 0 Å². The molecule has 2 rings (SSSR count). The van der Waals surface area contributed by atoms with Gasteiger partial charge in [-0.3, -0.25) is 4.79 Å². The number of rotatable bonds is 8. The number of hydrogen-bond acceptors (Lipinski definition) is 4. The highest BCUT2D eigenvalue weighted by Gasteiger charge is 2.26. The predicted molar refractivity (Wildman–Crippen MR) is 110 cm³/mol. The minimum atomic E-state index is -0.329. The van der Waals surface area contributed by atoms with Gasteiger partial charge in [0.05, 0.1) is 22.7 Å². The molecular formula is C18H26Cl2FN3OS. The van der Waals surface area contributed by atoms with Crippen molar-refractivity contribution in [2.24, 2.45) is 5.73 Å². The van der Waals surface area contributed by atoms with Crippen LogP contribution in [0.2, 0.25) is 0 Å². The number of aromatic nitrogens is 1. The smallest absolute Gasteiger partial charge is 0.226 e. The van der Waals surface area contributed by atoms with E-state index in [1.54, 1.807) is 12.1 Å². The molecule has 4 nitrogen and oxygen atoms in total. The third-order valence-corrected chi connectivity index (χ3v) is 5.26. The topological polar surface area (TPSA) is 68.0 Å². The zero-order chi connectivity index (χ0) is 17.6. The Bertz CT molecular complexity index is 667. The van der Waals surface area contributed by atoms with E-state index in [0.29, 0.717) is 13.0 Å². The maximum absolute atomic E-state index is 12.9. The molecule has 0 saturated carbocycles. The second-order valence-electron chi connectivity index (χ2n) is 5.95. The zero-order valence-corrected chi connectivity index (χ0v) is 17.4. The molecule has 0 unspecified atom stereocenters. The van der Waals surface area contributed by atoms with Crippen molar-refractivity contribution < 1.29 is 9.18 Å². The Balaban J connectivity index is 0.00000312. The number of nitrogens with one attached hydrogen (secondary N) is 1. The summed E-state index contributed by atoms with van der Waals surface area (Å²) in [6.07, 6.45) is 2.50. The van der Waals surface area contributed by atoms with Gasteiger partial charge in [0, 0.05) is 18.3 Å². The van der Waals surface area contributed by atoms with Gasteiger partial charge in [-0.1, -0.05) is 26.0 Å². The van der Waals surface area contributed by atoms with E-state index in [1.165, 1.54) is 23.5 Å². The van der Waals surface area contributed by atoms with E-state index in [9.17, 15) is 9.18 Å². The lowest BCUT2D eigenvalue weighted by atomic mass is 9.92. The second-order valence-corrected chi connectivity index (χ2v) is 6.89. The van der Waals surface area contributed by atoms with Gasteiger partial charge in [0.25, 0.3) is 0 Å². The summed E-state index contributed by atoms with van der Waals surface area (Å²) in [5, 5.41) is 5.87. The Morgan fingerprint density at radius 1 is 1.23 bits per heavy atom. The van der Waals surface area contributed by atoms with Crippen molar-refractivity contribution in [3.05, 3.63) is 51.7 Å². The van der Waals surface area contributed by atoms with Crippen molar-refractivity contribution >= 4 is 42.1 Å². The van der Waals surface area contributed by atoms with E-state index in [-0.39, 0.29) is 48.5 Å². The average molecular weight is 422 g/mol. The SMILES string of the molecule is CCC(CC)(CN)NC(=O)Cc1csc(Cc2ccc(F)cc2)n1.Cl.Cl. The lowest BCUT2D eigenvalue weighted by molar-refractivity contribution is -0.122. The third-order valence-electron chi connectivity index (χ3n) is 4.36. The first kappa shape index (κ1) is 24.8. The van der Waals surface area contributed by atoms with Gasteiger partial charge in [-0.2, -0.15) is 0 Å². The molecular weight excluding hydrogens is 396 g/mol. The molecule has 26 heavy (non-hydrogen) atoms. The lowest BCUT2D eigenvalue weighted by Gasteiger charge is -2.31. The van der Waals surface area contributed by atoms with Crippen LogP contribution in [0.3, 0.4) is 0 Å². The third kappa shape index (κ3) is 6.83. The van der Waals surface area contributed by atoms with Crippen molar-refractivity contribution in [1.82, 2.24) is 10.3 Å². The van der Waals surface area contributed by atoms with Crippen LogP contribution in [-0.4, -0.2) is 23.0 Å². The minimum absolute atomic E-state index is 0. The van der Waals surface area contributed by atoms with Crippen molar-refractivity contribution in [3.8, 4) is 0 Å². The Hall–Kier alpha value is -1.21. The zero-order valence-electron chi connectivity index (χ0n) is 15.0. The molecule has 0 spiro atoms. The summed E-state index contributed by atoms with van der Waals surface area (Å²) in [4.78, 5) is 16.8. The van der Waals surface area contributed by atoms with E-state index in [2.05, 4.69) is 10.3 Å². The fourth-order valence-corrected chi connectivity index (χ4v) is 3.39. The van der Waals surface area contributed by atoms with Gasteiger partial charge >= 0.3 is 0 Å². The quantitative estimate of drug-likeness (QED) is 0.678. The van der Waals surface area contributed by atoms with Crippen molar-refractivity contribution in [2.75, 3.05) is 6.54 Å². The monoisotopic (exact) mass is 421 g/mol. The van der Waals surface area contributed by atoms with Crippen LogP contribution >= 0.6 is 36.2 Å². The molecule has 0 atom stereocenters. The molecule has 2 aromatic rings. The Morgan fingerprint density at radius 2 is 1.85 bits per heavy atom. The molecule has 0 aliphatic carbocycles. The first-order chi connectivity index (χ1) is 11.5. The summed E-state index contributed by atoms with van der Waals surface area (Å²) in [6.45, 7) is 4.49. The van der Waals surface area contributed by atoms with Gasteiger partial charge < -0.3 is 11.1 Å². The van der Waals surface area contributed by atoms with Crippen LogP contribution in [0.1, 0.15) is 43.0 Å². The van der Waals surface area contributed by atoms with E-state index in [4.69, 9.17) is 5.73 Å². The Kier molecular flexibility index (Phi) is 11.0. The summed E-state index contributed by atoms with van der Waals surface area (Å²) in [7, 11) is 0. The number of benzene rings is 1. The first-order valence-corrected chi connectivity index (χ1v) is 9.07. The number of amides is 1. The first-order valence-electron chi connectivity index (χ1n) is 8.19. The molecule has 0 aliphatic rings. The Morgan fingerprint density at radius 3 is 2.38 bits per heavy atom. The van der Waals surface area contributed by atoms with E-state index in [0.717, 1.165) is 29.1 Å². The fraction of sp³-hybridized carbons (Fsp3) is 0.444. The van der Waals surface area contributed by atoms with E-state index < -0.39 is 0 Å². The van der Waals surface area contributed by atoms with Crippen LogP contribution in [0.4, 0.5) is 4.39 Å². The van der Waals surface area contributed by atoms with Gasteiger partial charge in [0.2, 0.25) is 5.91 Å². The van der Waals surface area contributed by atoms with Crippen LogP contribution in [0.25, 0.3) is 0 Å². The molecule has 146 valence electrons. The highest BCUT2D eigenvalue weighted by atomic mass is 35.5. The summed E-state index contributed by atoms with van der Waals surface area (Å²) in [5.74, 6) is -0.298. The summed E-state index contributed by atoms with van der Waals surface area (Å²) in [5.41, 5.74) is 7.24. The number of carbonyl (C=O) groups is 1. The normalized spacial score (nSPS) is 10.6. The van der Waals surface area contributed by atoms with Gasteiger partial charge in [-0.05, 0) is 30.5 Å². The molecule has 0 fully saturated rings. The predicted octanol–water partition coefficient (Wildman–Crippen LogP) is 3.89. The minimum Gasteiger partial charge on any atom is -0.349 e. The highest BCUT2D eigenvalue weighted by Crippen LogP contribution is 2.17. The fourth-order valence-electron chi connectivity index (χ4n) is 2.56. The van der Waals surface area contributed by atoms with Gasteiger partial charge in [-0.15, -0.1) is 36.2 Å². The molecule has 0 radical (unpaired) electrons. The van der Waals surface area contributed by atoms with E-state index in [1.807, 2.05) is 19.2 Å². The lowest BCUT2D eigenvalue weighted by Crippen LogP contribution is -2.53. The molecule has 1 aromatic heterocycles. The van der Waals surface area contributed by atoms with Crippen LogP contribution in [0, 0.1) is 5.82 Å². The number of carbonyl (C=O) groups excluding carboxylic acids is 1. The maximum atomic E-state index is 12.9. The molecule has 1 heterocycles. The summed E-state index contributed by atoms with van der Waals surface area (Å²) in [6, 6.07) is 6.39. The van der Waals surface area contributed by atoms with Gasteiger partial charge in [0.15, 0.2) is 0 Å². The van der Waals surface area contributed by atoms with Gasteiger partial charge in [0.1, 0.15) is 5.82 Å². The maximum Gasteiger partial charge on any atom is 0.226 e. The van der Waals surface area contributed by atoms with Gasteiger partial charge in [-0.25, -0.2) is 9.37 Å². The number of nitrogens with zero attached hydrogens (tertiary/aromatic N) is 1. The number of halogens is 3. The number of nitrogens with two attached hydrogens (primary N) is 1. The molecule has 1 amide bonds. The summed E-state index contributed by atoms with van der Waals surface area (Å²) >= 11 is 1.52. The number of thiazole rings is 1.